The lowest BCUT2D eigenvalue weighted by atomic mass is 10.0. The van der Waals surface area contributed by atoms with Crippen molar-refractivity contribution >= 4 is 29.7 Å². The molecule has 1 aromatic carbocycles. The molecule has 2 unspecified atom stereocenters. The molecule has 0 bridgehead atoms. The molecular weight excluding hydrogens is 368 g/mol. The fraction of sp³-hybridized carbons (Fsp3) is 0.526. The number of hydrogen-bond acceptors (Lipinski definition) is 5. The van der Waals surface area contributed by atoms with E-state index in [2.05, 4.69) is 10.6 Å². The van der Waals surface area contributed by atoms with Crippen molar-refractivity contribution in [2.45, 2.75) is 45.4 Å². The van der Waals surface area contributed by atoms with Crippen LogP contribution in [-0.2, 0) is 20.9 Å². The Morgan fingerprint density at radius 3 is 2.33 bits per heavy atom. The number of amides is 2. The summed E-state index contributed by atoms with van der Waals surface area (Å²) in [5.41, 5.74) is 0.834. The number of carbonyl (C=O) groups is 3. The van der Waals surface area contributed by atoms with E-state index in [1.54, 1.807) is 0 Å². The summed E-state index contributed by atoms with van der Waals surface area (Å²) in [4.78, 5) is 35.9. The molecule has 0 aliphatic rings. The molecule has 8 heteroatoms. The first-order valence-electron chi connectivity index (χ1n) is 8.82. The molecule has 0 aliphatic heterocycles. The number of ether oxygens (including phenoxy) is 1. The van der Waals surface area contributed by atoms with Gasteiger partial charge in [0.05, 0.1) is 0 Å². The minimum absolute atomic E-state index is 0.0914. The lowest BCUT2D eigenvalue weighted by molar-refractivity contribution is -0.142. The highest BCUT2D eigenvalue weighted by Gasteiger charge is 2.27. The number of hydrogen-bond donors (Lipinski definition) is 3. The van der Waals surface area contributed by atoms with E-state index in [-0.39, 0.29) is 12.5 Å². The van der Waals surface area contributed by atoms with E-state index in [9.17, 15) is 19.5 Å². The molecular formula is C19H28N2O5S. The Hall–Kier alpha value is -2.22. The number of rotatable bonds is 11. The average molecular weight is 397 g/mol. The number of alkyl carbamates (subject to hydrolysis) is 1. The second-order valence-corrected chi connectivity index (χ2v) is 7.55. The zero-order valence-corrected chi connectivity index (χ0v) is 16.8. The molecule has 1 aromatic rings. The van der Waals surface area contributed by atoms with Gasteiger partial charge in [0.2, 0.25) is 5.91 Å². The van der Waals surface area contributed by atoms with Crippen LogP contribution in [0.4, 0.5) is 4.79 Å². The fourth-order valence-corrected chi connectivity index (χ4v) is 2.85. The van der Waals surface area contributed by atoms with E-state index in [1.807, 2.05) is 50.4 Å². The zero-order valence-electron chi connectivity index (χ0n) is 15.9. The van der Waals surface area contributed by atoms with Crippen molar-refractivity contribution in [1.29, 1.82) is 0 Å². The number of thioether (sulfide) groups is 1. The van der Waals surface area contributed by atoms with Gasteiger partial charge in [-0.2, -0.15) is 11.8 Å². The Balaban J connectivity index is 2.65. The van der Waals surface area contributed by atoms with Crippen LogP contribution < -0.4 is 10.6 Å². The summed E-state index contributed by atoms with van der Waals surface area (Å²) in [7, 11) is 0. The summed E-state index contributed by atoms with van der Waals surface area (Å²) < 4.78 is 5.16. The van der Waals surface area contributed by atoms with E-state index >= 15 is 0 Å². The van der Waals surface area contributed by atoms with Gasteiger partial charge in [-0.25, -0.2) is 9.59 Å². The Bertz CT molecular complexity index is 609. The van der Waals surface area contributed by atoms with Gasteiger partial charge in [0.1, 0.15) is 18.7 Å². The number of carboxylic acid groups (broad SMARTS) is 1. The molecule has 7 nitrogen and oxygen atoms in total. The van der Waals surface area contributed by atoms with E-state index < -0.39 is 30.1 Å². The molecule has 0 heterocycles. The van der Waals surface area contributed by atoms with Gasteiger partial charge in [0.15, 0.2) is 0 Å². The van der Waals surface area contributed by atoms with Crippen LogP contribution in [0.3, 0.4) is 0 Å². The first kappa shape index (κ1) is 22.8. The van der Waals surface area contributed by atoms with Gasteiger partial charge in [0.25, 0.3) is 0 Å². The summed E-state index contributed by atoms with van der Waals surface area (Å²) in [6.45, 7) is 3.92. The molecule has 0 spiro atoms. The highest BCUT2D eigenvalue weighted by atomic mass is 32.2. The van der Waals surface area contributed by atoms with Gasteiger partial charge in [0, 0.05) is 0 Å². The van der Waals surface area contributed by atoms with Crippen molar-refractivity contribution in [2.24, 2.45) is 5.92 Å². The summed E-state index contributed by atoms with van der Waals surface area (Å²) in [6, 6.07) is 7.36. The van der Waals surface area contributed by atoms with Crippen LogP contribution in [-0.4, -0.2) is 47.2 Å². The topological polar surface area (TPSA) is 105 Å². The maximum absolute atomic E-state index is 12.5. The van der Waals surface area contributed by atoms with E-state index in [0.717, 1.165) is 5.56 Å². The van der Waals surface area contributed by atoms with Crippen LogP contribution >= 0.6 is 11.8 Å². The van der Waals surface area contributed by atoms with Crippen molar-refractivity contribution in [1.82, 2.24) is 10.6 Å². The highest BCUT2D eigenvalue weighted by Crippen LogP contribution is 2.08. The molecule has 2 amide bonds. The second-order valence-electron chi connectivity index (χ2n) is 6.57. The first-order chi connectivity index (χ1) is 12.8. The normalized spacial score (nSPS) is 12.9. The Morgan fingerprint density at radius 1 is 1.11 bits per heavy atom. The zero-order chi connectivity index (χ0) is 20.2. The predicted molar refractivity (Wildman–Crippen MR) is 106 cm³/mol. The van der Waals surface area contributed by atoms with E-state index in [4.69, 9.17) is 4.74 Å². The molecule has 0 aliphatic carbocycles. The van der Waals surface area contributed by atoms with Crippen molar-refractivity contribution in [2.75, 3.05) is 12.0 Å². The van der Waals surface area contributed by atoms with Crippen LogP contribution in [0.15, 0.2) is 30.3 Å². The predicted octanol–water partition coefficient (Wildman–Crippen LogP) is 2.65. The van der Waals surface area contributed by atoms with Gasteiger partial charge in [-0.3, -0.25) is 4.79 Å². The molecule has 1 rings (SSSR count). The third-order valence-corrected chi connectivity index (χ3v) is 4.40. The number of carboxylic acids is 1. The minimum Gasteiger partial charge on any atom is -0.480 e. The third kappa shape index (κ3) is 9.33. The molecule has 3 N–H and O–H groups in total. The van der Waals surface area contributed by atoms with Crippen molar-refractivity contribution in [3.05, 3.63) is 35.9 Å². The van der Waals surface area contributed by atoms with Crippen LogP contribution in [0.2, 0.25) is 0 Å². The Morgan fingerprint density at radius 2 is 1.78 bits per heavy atom. The number of aliphatic carboxylic acids is 1. The highest BCUT2D eigenvalue weighted by molar-refractivity contribution is 7.98. The second kappa shape index (κ2) is 12.2. The number of nitrogens with one attached hydrogen (secondary N) is 2. The summed E-state index contributed by atoms with van der Waals surface area (Å²) in [6.07, 6.45) is 1.85. The fourth-order valence-electron chi connectivity index (χ4n) is 2.38. The molecule has 0 fully saturated rings. The average Bonchev–Trinajstić information content (AvgIpc) is 2.63. The van der Waals surface area contributed by atoms with Crippen LogP contribution in [0.25, 0.3) is 0 Å². The SMILES string of the molecule is CSCCC(NC(=O)C(CC(C)C)NC(=O)OCc1ccccc1)C(=O)O. The number of carbonyl (C=O) groups excluding carboxylic acids is 2. The molecule has 2 atom stereocenters. The first-order valence-corrected chi connectivity index (χ1v) is 10.2. The van der Waals surface area contributed by atoms with Gasteiger partial charge >= 0.3 is 12.1 Å². The molecule has 0 aromatic heterocycles. The summed E-state index contributed by atoms with van der Waals surface area (Å²) in [5.74, 6) is -0.871. The maximum Gasteiger partial charge on any atom is 0.408 e. The third-order valence-electron chi connectivity index (χ3n) is 3.75. The van der Waals surface area contributed by atoms with Crippen molar-refractivity contribution in [3.63, 3.8) is 0 Å². The van der Waals surface area contributed by atoms with Gasteiger partial charge in [-0.1, -0.05) is 44.2 Å². The molecule has 0 saturated heterocycles. The summed E-state index contributed by atoms with van der Waals surface area (Å²) in [5, 5.41) is 14.3. The molecule has 150 valence electrons. The van der Waals surface area contributed by atoms with Crippen LogP contribution in [0.1, 0.15) is 32.3 Å². The van der Waals surface area contributed by atoms with E-state index in [0.29, 0.717) is 18.6 Å². The lowest BCUT2D eigenvalue weighted by Crippen LogP contribution is -2.52. The standard InChI is InChI=1S/C19H28N2O5S/c1-13(2)11-16(17(22)20-15(18(23)24)9-10-27-3)21-19(25)26-12-14-7-5-4-6-8-14/h4-8,13,15-16H,9-12H2,1-3H3,(H,20,22)(H,21,25)(H,23,24). The molecule has 27 heavy (non-hydrogen) atoms. The van der Waals surface area contributed by atoms with Crippen molar-refractivity contribution in [3.8, 4) is 0 Å². The minimum atomic E-state index is -1.09. The van der Waals surface area contributed by atoms with Gasteiger partial charge in [-0.15, -0.1) is 0 Å². The van der Waals surface area contributed by atoms with Crippen LogP contribution in [0, 0.1) is 5.92 Å². The largest absolute Gasteiger partial charge is 0.480 e. The lowest BCUT2D eigenvalue weighted by Gasteiger charge is -2.22. The Labute approximate surface area is 164 Å². The van der Waals surface area contributed by atoms with Gasteiger partial charge < -0.3 is 20.5 Å². The quantitative estimate of drug-likeness (QED) is 0.531. The maximum atomic E-state index is 12.5. The number of benzene rings is 1. The monoisotopic (exact) mass is 396 g/mol. The molecule has 0 radical (unpaired) electrons. The molecule has 0 saturated carbocycles. The Kier molecular flexibility index (Phi) is 10.3. The smallest absolute Gasteiger partial charge is 0.408 e. The van der Waals surface area contributed by atoms with Crippen molar-refractivity contribution < 1.29 is 24.2 Å². The summed E-state index contributed by atoms with van der Waals surface area (Å²) >= 11 is 1.50. The van der Waals surface area contributed by atoms with Gasteiger partial charge in [-0.05, 0) is 36.3 Å². The van der Waals surface area contributed by atoms with Crippen LogP contribution in [0.5, 0.6) is 0 Å². The van der Waals surface area contributed by atoms with E-state index in [1.165, 1.54) is 11.8 Å².